The lowest BCUT2D eigenvalue weighted by molar-refractivity contribution is 1.28. The van der Waals surface area contributed by atoms with Crippen LogP contribution in [0.25, 0.3) is 99.4 Å². The first-order valence-electron chi connectivity index (χ1n) is 23.7. The zero-order valence-electron chi connectivity index (χ0n) is 38.1. The molecule has 1 heteroatoms. The zero-order chi connectivity index (χ0) is 45.9. The third-order valence-corrected chi connectivity index (χ3v) is 13.4. The molecular weight excluding hydrogens is 831 g/mol. The summed E-state index contributed by atoms with van der Waals surface area (Å²) in [6, 6.07) is 104. The number of benzene rings is 12. The second-order valence-electron chi connectivity index (χ2n) is 17.6. The van der Waals surface area contributed by atoms with Crippen LogP contribution in [-0.4, -0.2) is 0 Å². The zero-order valence-corrected chi connectivity index (χ0v) is 38.1. The lowest BCUT2D eigenvalue weighted by Gasteiger charge is -2.28. The molecular formula is C68H47N. The number of nitrogens with zero attached hydrogens (tertiary/aromatic N) is 1. The molecule has 0 atom stereocenters. The van der Waals surface area contributed by atoms with E-state index in [2.05, 4.69) is 290 Å². The lowest BCUT2D eigenvalue weighted by Crippen LogP contribution is -2.11. The molecule has 12 rings (SSSR count). The van der Waals surface area contributed by atoms with Crippen LogP contribution in [0, 0.1) is 0 Å². The van der Waals surface area contributed by atoms with Gasteiger partial charge in [-0.1, -0.05) is 243 Å². The minimum Gasteiger partial charge on any atom is -0.310 e. The van der Waals surface area contributed by atoms with Crippen molar-refractivity contribution in [3.8, 4) is 77.9 Å². The molecule has 0 radical (unpaired) electrons. The van der Waals surface area contributed by atoms with Crippen molar-refractivity contribution in [2.24, 2.45) is 0 Å². The number of hydrogen-bond acceptors (Lipinski definition) is 1. The van der Waals surface area contributed by atoms with Gasteiger partial charge in [0, 0.05) is 17.1 Å². The lowest BCUT2D eigenvalue weighted by atomic mass is 9.83. The quantitative estimate of drug-likeness (QED) is 0.124. The summed E-state index contributed by atoms with van der Waals surface area (Å²) in [6.07, 6.45) is 0. The van der Waals surface area contributed by atoms with E-state index >= 15 is 0 Å². The summed E-state index contributed by atoms with van der Waals surface area (Å²) in [5, 5.41) is 4.97. The van der Waals surface area contributed by atoms with E-state index in [1.165, 1.54) is 82.7 Å². The molecule has 0 aliphatic heterocycles. The highest BCUT2D eigenvalue weighted by atomic mass is 15.1. The van der Waals surface area contributed by atoms with E-state index in [4.69, 9.17) is 0 Å². The van der Waals surface area contributed by atoms with Gasteiger partial charge < -0.3 is 4.90 Å². The number of fused-ring (bicyclic) bond motifs is 3. The Morgan fingerprint density at radius 2 is 0.594 bits per heavy atom. The first-order valence-corrected chi connectivity index (χ1v) is 23.7. The Morgan fingerprint density at radius 3 is 1.13 bits per heavy atom. The molecule has 0 aliphatic rings. The van der Waals surface area contributed by atoms with Crippen molar-refractivity contribution in [1.82, 2.24) is 0 Å². The van der Waals surface area contributed by atoms with Gasteiger partial charge in [-0.05, 0) is 142 Å². The van der Waals surface area contributed by atoms with Crippen LogP contribution in [0.4, 0.5) is 17.1 Å². The van der Waals surface area contributed by atoms with E-state index < -0.39 is 0 Å². The van der Waals surface area contributed by atoms with Gasteiger partial charge >= 0.3 is 0 Å². The van der Waals surface area contributed by atoms with Crippen molar-refractivity contribution in [3.05, 3.63) is 285 Å². The topological polar surface area (TPSA) is 3.24 Å². The van der Waals surface area contributed by atoms with E-state index in [1.807, 2.05) is 0 Å². The van der Waals surface area contributed by atoms with Gasteiger partial charge in [0.1, 0.15) is 0 Å². The first kappa shape index (κ1) is 41.4. The fourth-order valence-electron chi connectivity index (χ4n) is 10.3. The molecule has 69 heavy (non-hydrogen) atoms. The van der Waals surface area contributed by atoms with E-state index in [0.717, 1.165) is 33.8 Å². The number of hydrogen-bond donors (Lipinski definition) is 0. The van der Waals surface area contributed by atoms with Crippen LogP contribution in [0.15, 0.2) is 285 Å². The molecule has 0 heterocycles. The second-order valence-corrected chi connectivity index (χ2v) is 17.6. The van der Waals surface area contributed by atoms with Gasteiger partial charge in [-0.25, -0.2) is 0 Å². The minimum atomic E-state index is 1.07. The molecule has 0 spiro atoms. The number of rotatable bonds is 10. The van der Waals surface area contributed by atoms with Crippen LogP contribution in [0.1, 0.15) is 0 Å². The summed E-state index contributed by atoms with van der Waals surface area (Å²) in [4.78, 5) is 2.43. The Morgan fingerprint density at radius 1 is 0.188 bits per heavy atom. The van der Waals surface area contributed by atoms with Gasteiger partial charge in [0.2, 0.25) is 0 Å². The van der Waals surface area contributed by atoms with E-state index in [0.29, 0.717) is 0 Å². The van der Waals surface area contributed by atoms with Crippen LogP contribution in [0.2, 0.25) is 0 Å². The van der Waals surface area contributed by atoms with Gasteiger partial charge in [0.05, 0.1) is 0 Å². The van der Waals surface area contributed by atoms with E-state index in [9.17, 15) is 0 Å². The van der Waals surface area contributed by atoms with Gasteiger partial charge in [-0.15, -0.1) is 0 Å². The molecule has 1 nitrogen and oxygen atoms in total. The molecule has 12 aromatic carbocycles. The SMILES string of the molecule is c1ccc(-c2cc(-c3ccccc3)cc(N(c3ccc(-c4cccc5c(-c6ccccc6)c(-c6ccccc6)c6ccccc6c45)cc3)c3ccc(-c4ccccc4)c(-c4ccccc4)c3)c2)cc1. The summed E-state index contributed by atoms with van der Waals surface area (Å²) in [5.41, 5.74) is 19.9. The van der Waals surface area contributed by atoms with Crippen molar-refractivity contribution in [1.29, 1.82) is 0 Å². The largest absolute Gasteiger partial charge is 0.310 e. The molecule has 0 bridgehead atoms. The van der Waals surface area contributed by atoms with E-state index in [-0.39, 0.29) is 0 Å². The van der Waals surface area contributed by atoms with Gasteiger partial charge in [-0.2, -0.15) is 0 Å². The van der Waals surface area contributed by atoms with Crippen LogP contribution in [0.3, 0.4) is 0 Å². The highest BCUT2D eigenvalue weighted by molar-refractivity contribution is 6.25. The fourth-order valence-corrected chi connectivity index (χ4v) is 10.3. The standard InChI is InChI=1S/C68H47N/c1-7-22-48(23-8-1)55-44-56(49-24-9-2-10-25-49)46-59(45-55)69(58-42-43-60(50-26-11-3-12-27-50)65(47-58)51-28-13-4-14-29-51)57-40-38-52(39-41-57)61-36-21-37-64-67(54-32-17-6-18-33-54)66(53-30-15-5-16-31-53)62-34-19-20-35-63(62)68(61)64/h1-47H. The van der Waals surface area contributed by atoms with Gasteiger partial charge in [-0.3, -0.25) is 0 Å². The second kappa shape index (κ2) is 18.3. The molecule has 0 saturated carbocycles. The maximum Gasteiger partial charge on any atom is 0.0473 e. The molecule has 0 fully saturated rings. The smallest absolute Gasteiger partial charge is 0.0473 e. The summed E-state index contributed by atoms with van der Waals surface area (Å²) in [5.74, 6) is 0. The van der Waals surface area contributed by atoms with Crippen molar-refractivity contribution < 1.29 is 0 Å². The summed E-state index contributed by atoms with van der Waals surface area (Å²) in [7, 11) is 0. The van der Waals surface area contributed by atoms with Gasteiger partial charge in [0.15, 0.2) is 0 Å². The summed E-state index contributed by atoms with van der Waals surface area (Å²) in [6.45, 7) is 0. The van der Waals surface area contributed by atoms with Crippen molar-refractivity contribution in [2.45, 2.75) is 0 Å². The molecule has 0 aliphatic carbocycles. The Hall–Kier alpha value is -9.04. The molecule has 0 amide bonds. The Balaban J connectivity index is 1.08. The third-order valence-electron chi connectivity index (χ3n) is 13.4. The minimum absolute atomic E-state index is 1.07. The predicted octanol–water partition coefficient (Wildman–Crippen LogP) is 19.1. The molecule has 12 aromatic rings. The third kappa shape index (κ3) is 7.97. The average molecular weight is 878 g/mol. The maximum absolute atomic E-state index is 2.43. The molecule has 0 unspecified atom stereocenters. The van der Waals surface area contributed by atoms with Crippen molar-refractivity contribution in [3.63, 3.8) is 0 Å². The molecule has 0 saturated heterocycles. The van der Waals surface area contributed by atoms with Crippen molar-refractivity contribution in [2.75, 3.05) is 4.90 Å². The first-order chi connectivity index (χ1) is 34.2. The van der Waals surface area contributed by atoms with Crippen LogP contribution in [-0.2, 0) is 0 Å². The molecule has 0 N–H and O–H groups in total. The van der Waals surface area contributed by atoms with Crippen LogP contribution < -0.4 is 4.90 Å². The Labute approximate surface area is 404 Å². The van der Waals surface area contributed by atoms with E-state index in [1.54, 1.807) is 0 Å². The molecule has 0 aromatic heterocycles. The highest BCUT2D eigenvalue weighted by Gasteiger charge is 2.22. The maximum atomic E-state index is 2.43. The monoisotopic (exact) mass is 877 g/mol. The predicted molar refractivity (Wildman–Crippen MR) is 294 cm³/mol. The van der Waals surface area contributed by atoms with Gasteiger partial charge in [0.25, 0.3) is 0 Å². The Bertz CT molecular complexity index is 3660. The van der Waals surface area contributed by atoms with Crippen LogP contribution in [0.5, 0.6) is 0 Å². The highest BCUT2D eigenvalue weighted by Crippen LogP contribution is 2.48. The summed E-state index contributed by atoms with van der Waals surface area (Å²) < 4.78 is 0. The number of anilines is 3. The Kier molecular flexibility index (Phi) is 11.0. The summed E-state index contributed by atoms with van der Waals surface area (Å²) >= 11 is 0. The average Bonchev–Trinajstić information content (AvgIpc) is 3.44. The van der Waals surface area contributed by atoms with Crippen LogP contribution >= 0.6 is 0 Å². The van der Waals surface area contributed by atoms with Crippen molar-refractivity contribution >= 4 is 38.6 Å². The molecule has 324 valence electrons. The fraction of sp³-hybridized carbons (Fsp3) is 0. The normalized spacial score (nSPS) is 11.2.